The molecule has 6 nitrogen and oxygen atoms in total. The first kappa shape index (κ1) is 25.2. The molecule has 1 fully saturated rings. The van der Waals surface area contributed by atoms with Crippen LogP contribution >= 0.6 is 11.3 Å². The number of amides is 1. The van der Waals surface area contributed by atoms with Crippen LogP contribution in [0.5, 0.6) is 0 Å². The van der Waals surface area contributed by atoms with E-state index in [4.69, 9.17) is 0 Å². The summed E-state index contributed by atoms with van der Waals surface area (Å²) in [5.41, 5.74) is 3.13. The van der Waals surface area contributed by atoms with E-state index in [1.54, 1.807) is 23.1 Å². The van der Waals surface area contributed by atoms with Crippen LogP contribution in [0.3, 0.4) is 0 Å². The van der Waals surface area contributed by atoms with Crippen molar-refractivity contribution < 1.29 is 17.6 Å². The highest BCUT2D eigenvalue weighted by atomic mass is 32.2. The maximum Gasteiger partial charge on any atom is 0.264 e. The van der Waals surface area contributed by atoms with Crippen LogP contribution in [0.1, 0.15) is 20.8 Å². The Balaban J connectivity index is 1.34. The molecule has 0 N–H and O–H groups in total. The van der Waals surface area contributed by atoms with Gasteiger partial charge < -0.3 is 9.80 Å². The number of thiophene rings is 1. The number of benzene rings is 3. The predicted octanol–water partition coefficient (Wildman–Crippen LogP) is 5.28. The summed E-state index contributed by atoms with van der Waals surface area (Å²) in [5, 5.41) is 0.827. The molecule has 37 heavy (non-hydrogen) atoms. The number of para-hydroxylation sites is 1. The van der Waals surface area contributed by atoms with Crippen molar-refractivity contribution in [2.45, 2.75) is 13.5 Å². The van der Waals surface area contributed by atoms with Gasteiger partial charge in [-0.1, -0.05) is 42.0 Å². The number of halogens is 1. The lowest BCUT2D eigenvalue weighted by Gasteiger charge is -2.36. The van der Waals surface area contributed by atoms with Crippen molar-refractivity contribution in [3.8, 4) is 0 Å². The molecule has 192 valence electrons. The summed E-state index contributed by atoms with van der Waals surface area (Å²) in [4.78, 5) is 17.6. The van der Waals surface area contributed by atoms with E-state index < -0.39 is 10.0 Å². The van der Waals surface area contributed by atoms with E-state index in [-0.39, 0.29) is 18.3 Å². The first-order valence-corrected chi connectivity index (χ1v) is 14.7. The van der Waals surface area contributed by atoms with Gasteiger partial charge in [-0.15, -0.1) is 11.3 Å². The van der Waals surface area contributed by atoms with Gasteiger partial charge in [0.05, 0.1) is 29.1 Å². The van der Waals surface area contributed by atoms with Crippen LogP contribution in [-0.4, -0.2) is 51.7 Å². The third-order valence-electron chi connectivity index (χ3n) is 6.61. The van der Waals surface area contributed by atoms with Crippen LogP contribution < -0.4 is 9.21 Å². The van der Waals surface area contributed by atoms with E-state index >= 15 is 0 Å². The largest absolute Gasteiger partial charge is 0.366 e. The Kier molecular flexibility index (Phi) is 6.92. The number of carbonyl (C=O) groups is 1. The molecule has 2 heterocycles. The van der Waals surface area contributed by atoms with Gasteiger partial charge in [0.25, 0.3) is 5.91 Å². The summed E-state index contributed by atoms with van der Waals surface area (Å²) in [6, 6.07) is 21.8. The van der Waals surface area contributed by atoms with Gasteiger partial charge in [0.15, 0.2) is 0 Å². The van der Waals surface area contributed by atoms with E-state index in [2.05, 4.69) is 0 Å². The number of carbonyl (C=O) groups excluding carboxylic acids is 1. The van der Waals surface area contributed by atoms with Crippen molar-refractivity contribution in [3.05, 3.63) is 94.6 Å². The maximum absolute atomic E-state index is 14.2. The Labute approximate surface area is 220 Å². The van der Waals surface area contributed by atoms with E-state index in [1.165, 1.54) is 28.0 Å². The van der Waals surface area contributed by atoms with E-state index in [1.807, 2.05) is 60.4 Å². The third kappa shape index (κ3) is 5.47. The van der Waals surface area contributed by atoms with E-state index in [0.717, 1.165) is 21.2 Å². The molecule has 4 aromatic rings. The minimum absolute atomic E-state index is 0.0597. The molecule has 1 amide bonds. The van der Waals surface area contributed by atoms with Crippen molar-refractivity contribution in [1.29, 1.82) is 0 Å². The number of hydrogen-bond donors (Lipinski definition) is 0. The first-order chi connectivity index (χ1) is 17.7. The quantitative estimate of drug-likeness (QED) is 0.336. The van der Waals surface area contributed by atoms with Gasteiger partial charge in [0.2, 0.25) is 10.0 Å². The molecular weight excluding hydrogens is 509 g/mol. The Morgan fingerprint density at radius 1 is 0.973 bits per heavy atom. The number of sulfonamides is 1. The molecular formula is C28H28FN3O3S2. The molecule has 1 saturated heterocycles. The van der Waals surface area contributed by atoms with Gasteiger partial charge >= 0.3 is 0 Å². The van der Waals surface area contributed by atoms with Gasteiger partial charge in [0, 0.05) is 30.9 Å². The molecule has 0 unspecified atom stereocenters. The van der Waals surface area contributed by atoms with Crippen molar-refractivity contribution >= 4 is 48.7 Å². The fraction of sp³-hybridized carbons (Fsp3) is 0.250. The van der Waals surface area contributed by atoms with Crippen molar-refractivity contribution in [3.63, 3.8) is 0 Å². The molecule has 3 aromatic carbocycles. The predicted molar refractivity (Wildman–Crippen MR) is 149 cm³/mol. The average Bonchev–Trinajstić information content (AvgIpc) is 3.31. The highest BCUT2D eigenvalue weighted by Crippen LogP contribution is 2.32. The first-order valence-electron chi connectivity index (χ1n) is 12.0. The molecule has 0 spiro atoms. The molecule has 1 aromatic heterocycles. The number of fused-ring (bicyclic) bond motifs is 1. The second-order valence-electron chi connectivity index (χ2n) is 9.32. The van der Waals surface area contributed by atoms with Crippen molar-refractivity contribution in [2.24, 2.45) is 0 Å². The minimum Gasteiger partial charge on any atom is -0.366 e. The fourth-order valence-electron chi connectivity index (χ4n) is 4.57. The number of anilines is 2. The number of hydrogen-bond acceptors (Lipinski definition) is 5. The zero-order chi connectivity index (χ0) is 26.2. The van der Waals surface area contributed by atoms with Gasteiger partial charge in [-0.05, 0) is 54.3 Å². The SMILES string of the molecule is Cc1ccc(CN(c2ccc3sc(C(=O)N4CCN(c5ccccc5F)CC4)cc3c2)S(C)(=O)=O)cc1. The van der Waals surface area contributed by atoms with Crippen LogP contribution in [0.2, 0.25) is 0 Å². The summed E-state index contributed by atoms with van der Waals surface area (Å²) >= 11 is 1.40. The molecule has 1 aliphatic heterocycles. The van der Waals surface area contributed by atoms with Gasteiger partial charge in [0.1, 0.15) is 5.82 Å². The summed E-state index contributed by atoms with van der Waals surface area (Å²) < 4.78 is 41.8. The van der Waals surface area contributed by atoms with E-state index in [9.17, 15) is 17.6 Å². The van der Waals surface area contributed by atoms with Crippen LogP contribution in [-0.2, 0) is 16.6 Å². The Hall–Kier alpha value is -3.43. The number of piperazine rings is 1. The molecule has 0 radical (unpaired) electrons. The van der Waals surface area contributed by atoms with Crippen LogP contribution in [0.15, 0.2) is 72.8 Å². The molecule has 5 rings (SSSR count). The highest BCUT2D eigenvalue weighted by Gasteiger charge is 2.25. The summed E-state index contributed by atoms with van der Waals surface area (Å²) in [7, 11) is -3.52. The lowest BCUT2D eigenvalue weighted by atomic mass is 10.1. The Bertz CT molecular complexity index is 1540. The van der Waals surface area contributed by atoms with Crippen molar-refractivity contribution in [1.82, 2.24) is 4.90 Å². The second kappa shape index (κ2) is 10.1. The molecule has 0 atom stereocenters. The number of rotatable bonds is 6. The van der Waals surface area contributed by atoms with Gasteiger partial charge in [-0.25, -0.2) is 12.8 Å². The Morgan fingerprint density at radius 3 is 2.35 bits per heavy atom. The van der Waals surface area contributed by atoms with Gasteiger partial charge in [-0.3, -0.25) is 9.10 Å². The zero-order valence-corrected chi connectivity index (χ0v) is 22.4. The van der Waals surface area contributed by atoms with Crippen LogP contribution in [0.4, 0.5) is 15.8 Å². The normalized spacial score (nSPS) is 14.2. The molecule has 9 heteroatoms. The number of aryl methyl sites for hydroxylation is 1. The molecule has 0 saturated carbocycles. The lowest BCUT2D eigenvalue weighted by molar-refractivity contribution is 0.0751. The minimum atomic E-state index is -3.52. The average molecular weight is 538 g/mol. The highest BCUT2D eigenvalue weighted by molar-refractivity contribution is 7.92. The zero-order valence-electron chi connectivity index (χ0n) is 20.7. The Morgan fingerprint density at radius 2 is 1.68 bits per heavy atom. The second-order valence-corrected chi connectivity index (χ2v) is 12.3. The topological polar surface area (TPSA) is 60.9 Å². The third-order valence-corrected chi connectivity index (χ3v) is 8.85. The van der Waals surface area contributed by atoms with Gasteiger partial charge in [-0.2, -0.15) is 0 Å². The van der Waals surface area contributed by atoms with Crippen LogP contribution in [0, 0.1) is 12.7 Å². The molecule has 0 bridgehead atoms. The van der Waals surface area contributed by atoms with E-state index in [0.29, 0.717) is 42.4 Å². The fourth-order valence-corrected chi connectivity index (χ4v) is 6.46. The maximum atomic E-state index is 14.2. The van der Waals surface area contributed by atoms with Crippen LogP contribution in [0.25, 0.3) is 10.1 Å². The summed E-state index contributed by atoms with van der Waals surface area (Å²) in [5.74, 6) is -0.316. The lowest BCUT2D eigenvalue weighted by Crippen LogP contribution is -2.48. The molecule has 0 aliphatic carbocycles. The number of nitrogens with zero attached hydrogens (tertiary/aromatic N) is 3. The monoisotopic (exact) mass is 537 g/mol. The summed E-state index contributed by atoms with van der Waals surface area (Å²) in [6.45, 7) is 4.35. The smallest absolute Gasteiger partial charge is 0.264 e. The standard InChI is InChI=1S/C28H28FN3O3S2/c1-20-7-9-21(10-8-20)19-32(37(2,34)35)23-11-12-26-22(17-23)18-27(36-26)28(33)31-15-13-30(14-16-31)25-6-4-3-5-24(25)29/h3-12,17-18H,13-16,19H2,1-2H3. The van der Waals surface area contributed by atoms with Crippen molar-refractivity contribution in [2.75, 3.05) is 41.6 Å². The molecule has 1 aliphatic rings. The summed E-state index contributed by atoms with van der Waals surface area (Å²) in [6.07, 6.45) is 1.20.